The van der Waals surface area contributed by atoms with Crippen molar-refractivity contribution < 1.29 is 4.79 Å². The molecule has 3 aromatic heterocycles. The van der Waals surface area contributed by atoms with E-state index in [9.17, 15) is 9.59 Å². The third kappa shape index (κ3) is 5.81. The predicted octanol–water partition coefficient (Wildman–Crippen LogP) is 4.14. The molecule has 1 amide bonds. The van der Waals surface area contributed by atoms with Crippen molar-refractivity contribution in [3.05, 3.63) is 64.6 Å². The van der Waals surface area contributed by atoms with Crippen molar-refractivity contribution in [3.8, 4) is 11.1 Å². The van der Waals surface area contributed by atoms with E-state index in [1.807, 2.05) is 48.4 Å². The Morgan fingerprint density at radius 2 is 1.89 bits per heavy atom. The van der Waals surface area contributed by atoms with Crippen molar-refractivity contribution in [1.29, 1.82) is 0 Å². The number of nitrogens with zero attached hydrogens (tertiary/aromatic N) is 5. The minimum atomic E-state index is -0.0756. The number of anilines is 1. The Hall–Kier alpha value is -3.42. The second kappa shape index (κ2) is 10.5. The summed E-state index contributed by atoms with van der Waals surface area (Å²) in [6, 6.07) is 6.15. The fourth-order valence-corrected chi connectivity index (χ4v) is 4.83. The Labute approximate surface area is 207 Å². The number of hydrogen-bond acceptors (Lipinski definition) is 5. The maximum Gasteiger partial charge on any atom is 0.273 e. The standard InChI is InChI=1S/C27H36N6O2/c1-18(2)15-33-17-21(22-14-29-32(5)16-22)13-25(27(33)35)30-23-8-6-19(7-9-23)20-10-11-28-24(12-20)26(34)31(3)4/h10-14,16-19,23,30H,6-9,15H2,1-5H3. The fourth-order valence-electron chi connectivity index (χ4n) is 4.83. The number of pyridine rings is 2. The average molecular weight is 477 g/mol. The molecule has 8 nitrogen and oxygen atoms in total. The summed E-state index contributed by atoms with van der Waals surface area (Å²) in [5.41, 5.74) is 4.32. The van der Waals surface area contributed by atoms with Crippen LogP contribution in [0.5, 0.6) is 0 Å². The van der Waals surface area contributed by atoms with Crippen molar-refractivity contribution in [1.82, 2.24) is 24.2 Å². The Kier molecular flexibility index (Phi) is 7.38. The van der Waals surface area contributed by atoms with Crippen LogP contribution in [0.25, 0.3) is 11.1 Å². The van der Waals surface area contributed by atoms with Gasteiger partial charge in [-0.05, 0) is 61.3 Å². The van der Waals surface area contributed by atoms with Gasteiger partial charge in [-0.1, -0.05) is 13.8 Å². The van der Waals surface area contributed by atoms with Crippen molar-refractivity contribution >= 4 is 11.6 Å². The molecule has 0 bridgehead atoms. The second-order valence-electron chi connectivity index (χ2n) is 10.3. The lowest BCUT2D eigenvalue weighted by atomic mass is 9.81. The predicted molar refractivity (Wildman–Crippen MR) is 139 cm³/mol. The number of amides is 1. The van der Waals surface area contributed by atoms with Crippen LogP contribution < -0.4 is 10.9 Å². The number of aryl methyl sites for hydroxylation is 1. The van der Waals surface area contributed by atoms with Gasteiger partial charge in [-0.2, -0.15) is 5.10 Å². The molecule has 1 fully saturated rings. The molecule has 0 aliphatic heterocycles. The quantitative estimate of drug-likeness (QED) is 0.554. The zero-order valence-corrected chi connectivity index (χ0v) is 21.4. The molecule has 1 N–H and O–H groups in total. The van der Waals surface area contributed by atoms with Crippen molar-refractivity contribution in [2.45, 2.75) is 58.0 Å². The van der Waals surface area contributed by atoms with Crippen LogP contribution in [0, 0.1) is 5.92 Å². The van der Waals surface area contributed by atoms with Crippen LogP contribution in [0.1, 0.15) is 61.5 Å². The Morgan fingerprint density at radius 3 is 2.51 bits per heavy atom. The highest BCUT2D eigenvalue weighted by Gasteiger charge is 2.24. The second-order valence-corrected chi connectivity index (χ2v) is 10.3. The third-order valence-electron chi connectivity index (χ3n) is 6.65. The molecule has 3 heterocycles. The molecule has 35 heavy (non-hydrogen) atoms. The van der Waals surface area contributed by atoms with Crippen LogP contribution in [-0.2, 0) is 13.6 Å². The van der Waals surface area contributed by atoms with Crippen LogP contribution >= 0.6 is 0 Å². The lowest BCUT2D eigenvalue weighted by Crippen LogP contribution is -2.31. The first-order chi connectivity index (χ1) is 16.7. The van der Waals surface area contributed by atoms with Crippen LogP contribution in [0.4, 0.5) is 5.69 Å². The van der Waals surface area contributed by atoms with Crippen LogP contribution in [0.2, 0.25) is 0 Å². The molecule has 1 saturated carbocycles. The minimum Gasteiger partial charge on any atom is -0.378 e. The number of carbonyl (C=O) groups is 1. The van der Waals surface area contributed by atoms with E-state index in [4.69, 9.17) is 0 Å². The molecular weight excluding hydrogens is 440 g/mol. The normalized spacial score (nSPS) is 18.0. The van der Waals surface area contributed by atoms with Gasteiger partial charge in [-0.15, -0.1) is 0 Å². The summed E-state index contributed by atoms with van der Waals surface area (Å²) in [6.45, 7) is 4.91. The van der Waals surface area contributed by atoms with E-state index < -0.39 is 0 Å². The molecule has 186 valence electrons. The zero-order valence-electron chi connectivity index (χ0n) is 21.4. The van der Waals surface area contributed by atoms with Crippen molar-refractivity contribution in [2.24, 2.45) is 13.0 Å². The van der Waals surface area contributed by atoms with Gasteiger partial charge in [0.15, 0.2) is 0 Å². The molecule has 0 radical (unpaired) electrons. The molecule has 1 aliphatic rings. The summed E-state index contributed by atoms with van der Waals surface area (Å²) >= 11 is 0. The number of carbonyl (C=O) groups excluding carboxylic acids is 1. The van der Waals surface area contributed by atoms with Gasteiger partial charge in [0.2, 0.25) is 0 Å². The van der Waals surface area contributed by atoms with Gasteiger partial charge in [0, 0.05) is 63.4 Å². The highest BCUT2D eigenvalue weighted by molar-refractivity contribution is 5.92. The molecule has 0 saturated heterocycles. The largest absolute Gasteiger partial charge is 0.378 e. The molecule has 4 rings (SSSR count). The molecule has 0 spiro atoms. The van der Waals surface area contributed by atoms with E-state index in [0.717, 1.165) is 36.8 Å². The molecule has 1 aliphatic carbocycles. The monoisotopic (exact) mass is 476 g/mol. The number of hydrogen-bond donors (Lipinski definition) is 1. The summed E-state index contributed by atoms with van der Waals surface area (Å²) in [7, 11) is 5.38. The lowest BCUT2D eigenvalue weighted by Gasteiger charge is -2.30. The van der Waals surface area contributed by atoms with E-state index in [-0.39, 0.29) is 17.5 Å². The van der Waals surface area contributed by atoms with Crippen LogP contribution in [0.15, 0.2) is 47.8 Å². The lowest BCUT2D eigenvalue weighted by molar-refractivity contribution is 0.0822. The first-order valence-electron chi connectivity index (χ1n) is 12.4. The SMILES string of the molecule is CC(C)Cn1cc(-c2cnn(C)c2)cc(NC2CCC(c3ccnc(C(=O)N(C)C)c3)CC2)c1=O. The van der Waals surface area contributed by atoms with E-state index in [1.54, 1.807) is 29.9 Å². The summed E-state index contributed by atoms with van der Waals surface area (Å²) < 4.78 is 3.60. The summed E-state index contributed by atoms with van der Waals surface area (Å²) in [5, 5.41) is 7.86. The number of nitrogens with one attached hydrogen (secondary N) is 1. The molecule has 0 aromatic carbocycles. The van der Waals surface area contributed by atoms with Crippen LogP contribution in [0.3, 0.4) is 0 Å². The van der Waals surface area contributed by atoms with E-state index in [2.05, 4.69) is 29.2 Å². The maximum atomic E-state index is 13.2. The minimum absolute atomic E-state index is 0.0226. The van der Waals surface area contributed by atoms with Crippen molar-refractivity contribution in [3.63, 3.8) is 0 Å². The zero-order chi connectivity index (χ0) is 25.1. The van der Waals surface area contributed by atoms with Gasteiger partial charge >= 0.3 is 0 Å². The fraction of sp³-hybridized carbons (Fsp3) is 0.481. The van der Waals surface area contributed by atoms with Crippen molar-refractivity contribution in [2.75, 3.05) is 19.4 Å². The molecule has 8 heteroatoms. The maximum absolute atomic E-state index is 13.2. The van der Waals surface area contributed by atoms with Gasteiger partial charge < -0.3 is 14.8 Å². The van der Waals surface area contributed by atoms with E-state index in [0.29, 0.717) is 29.8 Å². The summed E-state index contributed by atoms with van der Waals surface area (Å²) in [6.07, 6.45) is 11.4. The highest BCUT2D eigenvalue weighted by Crippen LogP contribution is 2.34. The molecular formula is C27H36N6O2. The molecule has 3 aromatic rings. The summed E-state index contributed by atoms with van der Waals surface area (Å²) in [4.78, 5) is 31.4. The van der Waals surface area contributed by atoms with Gasteiger partial charge in [-0.3, -0.25) is 19.3 Å². The third-order valence-corrected chi connectivity index (χ3v) is 6.65. The smallest absolute Gasteiger partial charge is 0.273 e. The van der Waals surface area contributed by atoms with Gasteiger partial charge in [0.25, 0.3) is 11.5 Å². The van der Waals surface area contributed by atoms with E-state index >= 15 is 0 Å². The molecule has 0 atom stereocenters. The van der Waals surface area contributed by atoms with Gasteiger partial charge in [0.1, 0.15) is 11.4 Å². The molecule has 0 unspecified atom stereocenters. The average Bonchev–Trinajstić information content (AvgIpc) is 3.27. The van der Waals surface area contributed by atoms with Gasteiger partial charge in [0.05, 0.1) is 6.20 Å². The number of aromatic nitrogens is 4. The van der Waals surface area contributed by atoms with Crippen LogP contribution in [-0.4, -0.2) is 50.3 Å². The Bertz CT molecular complexity index is 1230. The first-order valence-corrected chi connectivity index (χ1v) is 12.4. The Morgan fingerprint density at radius 1 is 1.14 bits per heavy atom. The summed E-state index contributed by atoms with van der Waals surface area (Å²) in [5.74, 6) is 0.683. The van der Waals surface area contributed by atoms with Gasteiger partial charge in [-0.25, -0.2) is 0 Å². The van der Waals surface area contributed by atoms with E-state index in [1.165, 1.54) is 5.56 Å². The highest BCUT2D eigenvalue weighted by atomic mass is 16.2. The Balaban J connectivity index is 1.49. The number of rotatable bonds is 7. The first kappa shape index (κ1) is 24.7. The topological polar surface area (TPSA) is 85.1 Å².